The van der Waals surface area contributed by atoms with Crippen molar-refractivity contribution < 1.29 is 19.1 Å². The standard InChI is InChI=1S/C23H25FN4O3/c1-15(14-20(29)30)21-16-6-2-4-8-18(16)25-22(21)26-23(31)28-12-10-27(11-13-28)19-9-5-3-7-17(19)24/h2-9,15,25H,10-14H2,1H3,(H,26,31)(H,29,30). The zero-order valence-electron chi connectivity index (χ0n) is 17.3. The van der Waals surface area contributed by atoms with Gasteiger partial charge in [0.25, 0.3) is 0 Å². The van der Waals surface area contributed by atoms with Crippen molar-refractivity contribution in [2.45, 2.75) is 19.3 Å². The number of H-pyrrole nitrogens is 1. The molecule has 3 aromatic rings. The van der Waals surface area contributed by atoms with Crippen LogP contribution in [0.15, 0.2) is 48.5 Å². The second kappa shape index (κ2) is 8.67. The van der Waals surface area contributed by atoms with E-state index in [4.69, 9.17) is 0 Å². The van der Waals surface area contributed by atoms with E-state index in [0.29, 0.717) is 37.7 Å². The van der Waals surface area contributed by atoms with Gasteiger partial charge in [0.15, 0.2) is 0 Å². The molecular weight excluding hydrogens is 399 g/mol. The molecule has 2 aromatic carbocycles. The van der Waals surface area contributed by atoms with E-state index in [1.165, 1.54) is 6.07 Å². The molecule has 1 aliphatic rings. The van der Waals surface area contributed by atoms with Crippen LogP contribution in [-0.2, 0) is 4.79 Å². The Morgan fingerprint density at radius 1 is 1.10 bits per heavy atom. The molecular formula is C23H25FN4O3. The molecule has 0 radical (unpaired) electrons. The van der Waals surface area contributed by atoms with Crippen LogP contribution in [0, 0.1) is 5.82 Å². The van der Waals surface area contributed by atoms with Gasteiger partial charge in [-0.3, -0.25) is 10.1 Å². The Morgan fingerprint density at radius 2 is 1.77 bits per heavy atom. The van der Waals surface area contributed by atoms with Gasteiger partial charge in [-0.25, -0.2) is 9.18 Å². The van der Waals surface area contributed by atoms with Gasteiger partial charge in [0.1, 0.15) is 11.6 Å². The van der Waals surface area contributed by atoms with Crippen LogP contribution in [-0.4, -0.2) is 53.2 Å². The minimum Gasteiger partial charge on any atom is -0.481 e. The summed E-state index contributed by atoms with van der Waals surface area (Å²) in [4.78, 5) is 31.0. The number of halogens is 1. The van der Waals surface area contributed by atoms with Gasteiger partial charge in [-0.1, -0.05) is 37.3 Å². The van der Waals surface area contributed by atoms with Crippen LogP contribution in [0.5, 0.6) is 0 Å². The SMILES string of the molecule is CC(CC(=O)O)c1c(NC(=O)N2CCN(c3ccccc3F)CC2)[nH]c2ccccc12. The van der Waals surface area contributed by atoms with Crippen LogP contribution in [0.25, 0.3) is 10.9 Å². The maximum absolute atomic E-state index is 14.0. The number of aromatic nitrogens is 1. The number of anilines is 2. The van der Waals surface area contributed by atoms with Crippen molar-refractivity contribution in [3.63, 3.8) is 0 Å². The zero-order chi connectivity index (χ0) is 22.0. The van der Waals surface area contributed by atoms with Crippen molar-refractivity contribution in [3.05, 3.63) is 59.9 Å². The number of rotatable bonds is 5. The molecule has 0 bridgehead atoms. The third-order valence-electron chi connectivity index (χ3n) is 5.71. The fourth-order valence-electron chi connectivity index (χ4n) is 4.18. The molecule has 2 amide bonds. The van der Waals surface area contributed by atoms with Gasteiger partial charge in [-0.15, -0.1) is 0 Å². The molecule has 1 fully saturated rings. The molecule has 1 aromatic heterocycles. The van der Waals surface area contributed by atoms with Gasteiger partial charge in [0.05, 0.1) is 12.1 Å². The maximum atomic E-state index is 14.0. The number of urea groups is 1. The monoisotopic (exact) mass is 424 g/mol. The first-order valence-electron chi connectivity index (χ1n) is 10.3. The van der Waals surface area contributed by atoms with Crippen molar-refractivity contribution in [1.29, 1.82) is 0 Å². The normalized spacial score (nSPS) is 15.2. The highest BCUT2D eigenvalue weighted by atomic mass is 19.1. The van der Waals surface area contributed by atoms with Crippen LogP contribution in [0.2, 0.25) is 0 Å². The summed E-state index contributed by atoms with van der Waals surface area (Å²) in [5, 5.41) is 13.1. The molecule has 8 heteroatoms. The van der Waals surface area contributed by atoms with Crippen molar-refractivity contribution in [1.82, 2.24) is 9.88 Å². The molecule has 3 N–H and O–H groups in total. The number of fused-ring (bicyclic) bond motifs is 1. The van der Waals surface area contributed by atoms with E-state index < -0.39 is 5.97 Å². The smallest absolute Gasteiger partial charge is 0.323 e. The summed E-state index contributed by atoms with van der Waals surface area (Å²) in [5.74, 6) is -0.909. The van der Waals surface area contributed by atoms with Crippen LogP contribution in [0.1, 0.15) is 24.8 Å². The Hall–Kier alpha value is -3.55. The lowest BCUT2D eigenvalue weighted by Crippen LogP contribution is -2.50. The fourth-order valence-corrected chi connectivity index (χ4v) is 4.18. The van der Waals surface area contributed by atoms with Gasteiger partial charge >= 0.3 is 12.0 Å². The van der Waals surface area contributed by atoms with Gasteiger partial charge in [0.2, 0.25) is 0 Å². The van der Waals surface area contributed by atoms with E-state index in [-0.39, 0.29) is 24.2 Å². The Kier molecular flexibility index (Phi) is 5.79. The van der Waals surface area contributed by atoms with E-state index in [1.807, 2.05) is 36.1 Å². The molecule has 1 unspecified atom stereocenters. The summed E-state index contributed by atoms with van der Waals surface area (Å²) in [7, 11) is 0. The largest absolute Gasteiger partial charge is 0.481 e. The third kappa shape index (κ3) is 4.33. The predicted molar refractivity (Wildman–Crippen MR) is 118 cm³/mol. The molecule has 4 rings (SSSR count). The predicted octanol–water partition coefficient (Wildman–Crippen LogP) is 4.24. The second-order valence-electron chi connectivity index (χ2n) is 7.81. The van der Waals surface area contributed by atoms with E-state index in [9.17, 15) is 19.1 Å². The first kappa shape index (κ1) is 20.7. The van der Waals surface area contributed by atoms with E-state index in [0.717, 1.165) is 16.5 Å². The van der Waals surface area contributed by atoms with Gasteiger partial charge < -0.3 is 19.9 Å². The first-order chi connectivity index (χ1) is 14.9. The van der Waals surface area contributed by atoms with Crippen LogP contribution < -0.4 is 10.2 Å². The van der Waals surface area contributed by atoms with Crippen molar-refractivity contribution in [2.24, 2.45) is 0 Å². The van der Waals surface area contributed by atoms with E-state index >= 15 is 0 Å². The maximum Gasteiger partial charge on any atom is 0.323 e. The first-order valence-corrected chi connectivity index (χ1v) is 10.3. The van der Waals surface area contributed by atoms with E-state index in [2.05, 4.69) is 10.3 Å². The number of nitrogens with one attached hydrogen (secondary N) is 2. The highest BCUT2D eigenvalue weighted by molar-refractivity contribution is 5.97. The average molecular weight is 424 g/mol. The molecule has 1 atom stereocenters. The summed E-state index contributed by atoms with van der Waals surface area (Å²) in [6.45, 7) is 3.82. The molecule has 7 nitrogen and oxygen atoms in total. The molecule has 0 aliphatic carbocycles. The lowest BCUT2D eigenvalue weighted by molar-refractivity contribution is -0.137. The Morgan fingerprint density at radius 3 is 2.48 bits per heavy atom. The Labute approximate surface area is 179 Å². The van der Waals surface area contributed by atoms with Gasteiger partial charge in [-0.2, -0.15) is 0 Å². The number of hydrogen-bond donors (Lipinski definition) is 3. The Bertz CT molecular complexity index is 1110. The highest BCUT2D eigenvalue weighted by Crippen LogP contribution is 2.34. The number of para-hydroxylation sites is 2. The molecule has 2 heterocycles. The fraction of sp³-hybridized carbons (Fsp3) is 0.304. The third-order valence-corrected chi connectivity index (χ3v) is 5.71. The lowest BCUT2D eigenvalue weighted by atomic mass is 9.96. The topological polar surface area (TPSA) is 88.7 Å². The number of benzene rings is 2. The van der Waals surface area contributed by atoms with Crippen molar-refractivity contribution in [2.75, 3.05) is 36.4 Å². The van der Waals surface area contributed by atoms with E-state index in [1.54, 1.807) is 23.1 Å². The highest BCUT2D eigenvalue weighted by Gasteiger charge is 2.25. The minimum absolute atomic E-state index is 0.0357. The number of nitrogens with zero attached hydrogens (tertiary/aromatic N) is 2. The second-order valence-corrected chi connectivity index (χ2v) is 7.81. The van der Waals surface area contributed by atoms with Gasteiger partial charge in [-0.05, 0) is 24.1 Å². The molecule has 162 valence electrons. The number of carbonyl (C=O) groups is 2. The summed E-state index contributed by atoms with van der Waals surface area (Å²) in [6.07, 6.45) is -0.0357. The number of aliphatic carboxylic acids is 1. The number of hydrogen-bond acceptors (Lipinski definition) is 3. The molecule has 31 heavy (non-hydrogen) atoms. The number of carbonyl (C=O) groups excluding carboxylic acids is 1. The number of piperazine rings is 1. The molecule has 1 saturated heterocycles. The number of carboxylic acids is 1. The van der Waals surface area contributed by atoms with Crippen LogP contribution in [0.4, 0.5) is 20.7 Å². The summed E-state index contributed by atoms with van der Waals surface area (Å²) in [5.41, 5.74) is 2.17. The molecule has 0 spiro atoms. The molecule has 0 saturated carbocycles. The van der Waals surface area contributed by atoms with Gasteiger partial charge in [0, 0.05) is 42.6 Å². The summed E-state index contributed by atoms with van der Waals surface area (Å²) < 4.78 is 14.0. The quantitative estimate of drug-likeness (QED) is 0.572. The summed E-state index contributed by atoms with van der Waals surface area (Å²) >= 11 is 0. The zero-order valence-corrected chi connectivity index (χ0v) is 17.3. The number of amides is 2. The summed E-state index contributed by atoms with van der Waals surface area (Å²) in [6, 6.07) is 14.0. The van der Waals surface area contributed by atoms with Crippen molar-refractivity contribution in [3.8, 4) is 0 Å². The van der Waals surface area contributed by atoms with Crippen LogP contribution in [0.3, 0.4) is 0 Å². The van der Waals surface area contributed by atoms with Crippen molar-refractivity contribution >= 4 is 34.4 Å². The number of aromatic amines is 1. The molecule has 1 aliphatic heterocycles. The Balaban J connectivity index is 1.49. The van der Waals surface area contributed by atoms with Crippen LogP contribution >= 0.6 is 0 Å². The lowest BCUT2D eigenvalue weighted by Gasteiger charge is -2.36. The average Bonchev–Trinajstić information content (AvgIpc) is 3.11. The number of carboxylic acid groups (broad SMARTS) is 1. The minimum atomic E-state index is -0.890.